The first-order valence-corrected chi connectivity index (χ1v) is 5.73. The molecule has 0 aromatic rings. The number of nitrogens with zero attached hydrogens (tertiary/aromatic N) is 1. The topological polar surface area (TPSA) is 124 Å². The van der Waals surface area contributed by atoms with Gasteiger partial charge in [-0.15, -0.1) is 0 Å². The molecular formula is C11H19NO7. The van der Waals surface area contributed by atoms with Crippen LogP contribution in [0.2, 0.25) is 0 Å². The lowest BCUT2D eigenvalue weighted by Crippen LogP contribution is -2.56. The predicted molar refractivity (Wildman–Crippen MR) is 63.2 cm³/mol. The summed E-state index contributed by atoms with van der Waals surface area (Å²) in [6.45, 7) is 4.03. The molecule has 0 rings (SSSR count). The number of esters is 1. The number of carbonyl (C=O) groups excluding carboxylic acids is 2. The molecule has 19 heavy (non-hydrogen) atoms. The van der Waals surface area contributed by atoms with Crippen LogP contribution in [0.25, 0.3) is 0 Å². The predicted octanol–water partition coefficient (Wildman–Crippen LogP) is -1.41. The van der Waals surface area contributed by atoms with Gasteiger partial charge in [-0.2, -0.15) is 0 Å². The normalized spacial score (nSPS) is 15.2. The summed E-state index contributed by atoms with van der Waals surface area (Å²) < 4.78 is 4.25. The van der Waals surface area contributed by atoms with Crippen molar-refractivity contribution < 1.29 is 34.4 Å². The van der Waals surface area contributed by atoms with Crippen molar-refractivity contribution in [3.05, 3.63) is 0 Å². The first kappa shape index (κ1) is 17.3. The van der Waals surface area contributed by atoms with Gasteiger partial charge in [0.15, 0.2) is 6.10 Å². The van der Waals surface area contributed by atoms with E-state index in [-0.39, 0.29) is 0 Å². The van der Waals surface area contributed by atoms with Gasteiger partial charge in [0.1, 0.15) is 0 Å². The summed E-state index contributed by atoms with van der Waals surface area (Å²) >= 11 is 0. The third kappa shape index (κ3) is 3.90. The van der Waals surface area contributed by atoms with Crippen LogP contribution in [0, 0.1) is 0 Å². The number of aliphatic hydroxyl groups excluding tert-OH is 1. The first-order chi connectivity index (χ1) is 8.74. The third-order valence-electron chi connectivity index (χ3n) is 2.76. The third-order valence-corrected chi connectivity index (χ3v) is 2.76. The highest BCUT2D eigenvalue weighted by Gasteiger charge is 2.50. The summed E-state index contributed by atoms with van der Waals surface area (Å²) in [7, 11) is 0.920. The minimum Gasteiger partial charge on any atom is -0.479 e. The Labute approximate surface area is 110 Å². The Balaban J connectivity index is 5.23. The Kier molecular flexibility index (Phi) is 6.43. The average Bonchev–Trinajstić information content (AvgIpc) is 2.37. The molecule has 0 heterocycles. The van der Waals surface area contributed by atoms with Crippen LogP contribution in [0.15, 0.2) is 0 Å². The molecule has 0 aromatic heterocycles. The van der Waals surface area contributed by atoms with E-state index in [1.54, 1.807) is 13.8 Å². The van der Waals surface area contributed by atoms with Crippen LogP contribution < -0.4 is 0 Å². The van der Waals surface area contributed by atoms with Crippen LogP contribution in [0.3, 0.4) is 0 Å². The second-order valence-electron chi connectivity index (χ2n) is 3.90. The van der Waals surface area contributed by atoms with Gasteiger partial charge in [-0.25, -0.2) is 9.59 Å². The average molecular weight is 277 g/mol. The van der Waals surface area contributed by atoms with Crippen molar-refractivity contribution in [1.29, 1.82) is 0 Å². The summed E-state index contributed by atoms with van der Waals surface area (Å²) in [5.74, 6) is -3.85. The molecule has 8 heteroatoms. The molecule has 8 nitrogen and oxygen atoms in total. The number of hydrogen-bond acceptors (Lipinski definition) is 6. The van der Waals surface area contributed by atoms with Gasteiger partial charge in [-0.3, -0.25) is 4.79 Å². The largest absolute Gasteiger partial charge is 0.479 e. The zero-order chi connectivity index (χ0) is 15.2. The number of methoxy groups -OCH3 is 1. The molecule has 0 radical (unpaired) electrons. The molecule has 1 amide bonds. The molecule has 2 atom stereocenters. The first-order valence-electron chi connectivity index (χ1n) is 5.73. The van der Waals surface area contributed by atoms with Crippen molar-refractivity contribution in [2.24, 2.45) is 0 Å². The number of ether oxygens (including phenoxy) is 1. The standard InChI is InChI=1S/C11H19NO7/c1-4-12(5-2)7(13)6-11(18,10(17)19-3)8(14)9(15)16/h8,14,18H,4-6H2,1-3H3,(H,15,16). The summed E-state index contributed by atoms with van der Waals surface area (Å²) in [6.07, 6.45) is -3.31. The Morgan fingerprint density at radius 2 is 1.74 bits per heavy atom. The fourth-order valence-corrected chi connectivity index (χ4v) is 1.58. The highest BCUT2D eigenvalue weighted by molar-refractivity contribution is 5.93. The molecule has 0 saturated heterocycles. The van der Waals surface area contributed by atoms with E-state index in [0.717, 1.165) is 7.11 Å². The van der Waals surface area contributed by atoms with Gasteiger partial charge in [0.2, 0.25) is 11.5 Å². The van der Waals surface area contributed by atoms with Crippen LogP contribution in [0.4, 0.5) is 0 Å². The molecule has 0 aromatic carbocycles. The fourth-order valence-electron chi connectivity index (χ4n) is 1.58. The maximum atomic E-state index is 11.8. The van der Waals surface area contributed by atoms with E-state index in [0.29, 0.717) is 13.1 Å². The Hall–Kier alpha value is -1.67. The van der Waals surface area contributed by atoms with E-state index < -0.39 is 36.0 Å². The molecule has 0 aliphatic carbocycles. The SMILES string of the molecule is CCN(CC)C(=O)CC(O)(C(=O)OC)C(O)C(=O)O. The van der Waals surface area contributed by atoms with Crippen molar-refractivity contribution >= 4 is 17.8 Å². The lowest BCUT2D eigenvalue weighted by Gasteiger charge is -2.29. The van der Waals surface area contributed by atoms with Crippen molar-refractivity contribution in [2.75, 3.05) is 20.2 Å². The van der Waals surface area contributed by atoms with Gasteiger partial charge in [0.05, 0.1) is 13.5 Å². The molecule has 0 aliphatic heterocycles. The summed E-state index contributed by atoms with van der Waals surface area (Å²) in [5.41, 5.74) is -2.81. The number of hydrogen-bond donors (Lipinski definition) is 3. The molecule has 0 aliphatic rings. The maximum absolute atomic E-state index is 11.8. The van der Waals surface area contributed by atoms with Crippen molar-refractivity contribution in [2.45, 2.75) is 32.0 Å². The monoisotopic (exact) mass is 277 g/mol. The summed E-state index contributed by atoms with van der Waals surface area (Å²) in [5, 5.41) is 28.1. The molecule has 3 N–H and O–H groups in total. The molecule has 0 fully saturated rings. The number of amides is 1. The van der Waals surface area contributed by atoms with Crippen molar-refractivity contribution in [1.82, 2.24) is 4.90 Å². The van der Waals surface area contributed by atoms with E-state index in [4.69, 9.17) is 5.11 Å². The van der Waals surface area contributed by atoms with Gasteiger partial charge >= 0.3 is 11.9 Å². The van der Waals surface area contributed by atoms with E-state index in [1.807, 2.05) is 0 Å². The smallest absolute Gasteiger partial charge is 0.341 e. The van der Waals surface area contributed by atoms with E-state index in [1.165, 1.54) is 4.90 Å². The minimum atomic E-state index is -2.81. The van der Waals surface area contributed by atoms with Gasteiger partial charge in [-0.1, -0.05) is 0 Å². The van der Waals surface area contributed by atoms with Crippen molar-refractivity contribution in [3.8, 4) is 0 Å². The fraction of sp³-hybridized carbons (Fsp3) is 0.727. The van der Waals surface area contributed by atoms with E-state index >= 15 is 0 Å². The number of carboxylic acid groups (broad SMARTS) is 1. The molecule has 0 bridgehead atoms. The van der Waals surface area contributed by atoms with Gasteiger partial charge < -0.3 is 25.0 Å². The van der Waals surface area contributed by atoms with Crippen LogP contribution in [0.1, 0.15) is 20.3 Å². The second-order valence-corrected chi connectivity index (χ2v) is 3.90. The lowest BCUT2D eigenvalue weighted by atomic mass is 9.92. The lowest BCUT2D eigenvalue weighted by molar-refractivity contribution is -0.188. The highest BCUT2D eigenvalue weighted by Crippen LogP contribution is 2.20. The molecule has 0 spiro atoms. The van der Waals surface area contributed by atoms with Gasteiger partial charge in [-0.05, 0) is 13.8 Å². The Morgan fingerprint density at radius 3 is 2.05 bits per heavy atom. The van der Waals surface area contributed by atoms with Crippen molar-refractivity contribution in [3.63, 3.8) is 0 Å². The molecule has 0 saturated carbocycles. The second kappa shape index (κ2) is 7.05. The minimum absolute atomic E-state index is 0.329. The van der Waals surface area contributed by atoms with Gasteiger partial charge in [0, 0.05) is 13.1 Å². The quantitative estimate of drug-likeness (QED) is 0.488. The number of carbonyl (C=O) groups is 3. The van der Waals surface area contributed by atoms with E-state index in [9.17, 15) is 24.6 Å². The van der Waals surface area contributed by atoms with Gasteiger partial charge in [0.25, 0.3) is 0 Å². The molecule has 110 valence electrons. The zero-order valence-corrected chi connectivity index (χ0v) is 11.1. The molecular weight excluding hydrogens is 258 g/mol. The maximum Gasteiger partial charge on any atom is 0.341 e. The van der Waals surface area contributed by atoms with Crippen LogP contribution in [0.5, 0.6) is 0 Å². The number of carboxylic acids is 1. The number of aliphatic hydroxyl groups is 2. The van der Waals surface area contributed by atoms with Crippen LogP contribution in [-0.4, -0.2) is 70.0 Å². The molecule has 2 unspecified atom stereocenters. The number of rotatable bonds is 7. The highest BCUT2D eigenvalue weighted by atomic mass is 16.5. The van der Waals surface area contributed by atoms with Crippen LogP contribution >= 0.6 is 0 Å². The zero-order valence-electron chi connectivity index (χ0n) is 11.1. The number of aliphatic carboxylic acids is 1. The summed E-state index contributed by atoms with van der Waals surface area (Å²) in [4.78, 5) is 35.3. The Morgan fingerprint density at radius 1 is 1.26 bits per heavy atom. The van der Waals surface area contributed by atoms with E-state index in [2.05, 4.69) is 4.74 Å². The van der Waals surface area contributed by atoms with Crippen LogP contribution in [-0.2, 0) is 19.1 Å². The summed E-state index contributed by atoms with van der Waals surface area (Å²) in [6, 6.07) is 0. The Bertz CT molecular complexity index is 353.